The molecule has 0 saturated carbocycles. The lowest BCUT2D eigenvalue weighted by molar-refractivity contribution is 0.396. The van der Waals surface area contributed by atoms with Crippen LogP contribution in [0.25, 0.3) is 28.5 Å². The van der Waals surface area contributed by atoms with Crippen molar-refractivity contribution < 1.29 is 9.47 Å². The number of hydrogen-bond acceptors (Lipinski definition) is 8. The number of ether oxygens (including phenoxy) is 2. The maximum absolute atomic E-state index is 5.61. The third-order valence-corrected chi connectivity index (χ3v) is 6.60. The Bertz CT molecular complexity index is 1560. The highest BCUT2D eigenvalue weighted by atomic mass is 16.5. The molecular formula is C27H26N8O2. The van der Waals surface area contributed by atoms with Gasteiger partial charge in [-0.25, -0.2) is 19.6 Å². The van der Waals surface area contributed by atoms with E-state index in [1.807, 2.05) is 52.7 Å². The topological polar surface area (TPSA) is 106 Å². The highest BCUT2D eigenvalue weighted by Crippen LogP contribution is 2.38. The second-order valence-electron chi connectivity index (χ2n) is 8.93. The fraction of sp³-hybridized carbons (Fsp3) is 0.259. The van der Waals surface area contributed by atoms with Gasteiger partial charge in [-0.05, 0) is 61.7 Å². The fourth-order valence-electron chi connectivity index (χ4n) is 4.82. The summed E-state index contributed by atoms with van der Waals surface area (Å²) in [6.07, 6.45) is 7.32. The van der Waals surface area contributed by atoms with Gasteiger partial charge in [-0.15, -0.1) is 5.10 Å². The number of nitrogens with zero attached hydrogens (tertiary/aromatic N) is 8. The van der Waals surface area contributed by atoms with Crippen molar-refractivity contribution in [3.8, 4) is 40.1 Å². The lowest BCUT2D eigenvalue weighted by Gasteiger charge is -2.23. The Kier molecular flexibility index (Phi) is 5.84. The van der Waals surface area contributed by atoms with Gasteiger partial charge in [0, 0.05) is 30.4 Å². The Morgan fingerprint density at radius 1 is 1.00 bits per heavy atom. The van der Waals surface area contributed by atoms with E-state index in [0.29, 0.717) is 17.4 Å². The predicted molar refractivity (Wildman–Crippen MR) is 137 cm³/mol. The van der Waals surface area contributed by atoms with E-state index in [9.17, 15) is 0 Å². The molecule has 5 heterocycles. The van der Waals surface area contributed by atoms with Crippen LogP contribution in [0.5, 0.6) is 11.6 Å². The molecule has 1 aliphatic rings. The molecule has 0 amide bonds. The van der Waals surface area contributed by atoms with Gasteiger partial charge in [-0.2, -0.15) is 10.2 Å². The number of benzene rings is 1. The van der Waals surface area contributed by atoms with E-state index in [1.54, 1.807) is 26.7 Å². The van der Waals surface area contributed by atoms with Crippen LogP contribution in [-0.2, 0) is 6.54 Å². The summed E-state index contributed by atoms with van der Waals surface area (Å²) in [5.74, 6) is 2.84. The zero-order valence-corrected chi connectivity index (χ0v) is 20.9. The number of hydrogen-bond donors (Lipinski definition) is 0. The van der Waals surface area contributed by atoms with Crippen molar-refractivity contribution in [2.45, 2.75) is 32.2 Å². The third kappa shape index (κ3) is 4.20. The quantitative estimate of drug-likeness (QED) is 0.345. The van der Waals surface area contributed by atoms with Crippen LogP contribution in [0, 0.1) is 6.92 Å². The molecule has 0 unspecified atom stereocenters. The summed E-state index contributed by atoms with van der Waals surface area (Å²) in [7, 11) is 3.28. The molecule has 0 saturated heterocycles. The van der Waals surface area contributed by atoms with Gasteiger partial charge in [-0.1, -0.05) is 6.07 Å². The molecule has 10 nitrogen and oxygen atoms in total. The van der Waals surface area contributed by atoms with E-state index < -0.39 is 0 Å². The average Bonchev–Trinajstić information content (AvgIpc) is 3.59. The molecule has 1 aliphatic heterocycles. The number of aromatic nitrogens is 8. The Labute approximate surface area is 214 Å². The van der Waals surface area contributed by atoms with Crippen LogP contribution < -0.4 is 9.47 Å². The van der Waals surface area contributed by atoms with E-state index in [-0.39, 0.29) is 5.92 Å². The summed E-state index contributed by atoms with van der Waals surface area (Å²) in [6.45, 7) is 2.76. The molecular weight excluding hydrogens is 468 g/mol. The fourth-order valence-corrected chi connectivity index (χ4v) is 4.82. The SMILES string of the molecule is COc1ccc([C@H]2CCCn3nc(-c4ccc(-n5cnc(C)c5)c(OC)n4)nc32)cc1-c1cccnn1. The molecule has 1 aromatic carbocycles. The van der Waals surface area contributed by atoms with Crippen LogP contribution in [0.1, 0.15) is 35.8 Å². The van der Waals surface area contributed by atoms with Crippen molar-refractivity contribution in [2.75, 3.05) is 14.2 Å². The lowest BCUT2D eigenvalue weighted by atomic mass is 9.89. The zero-order valence-electron chi connectivity index (χ0n) is 20.9. The highest BCUT2D eigenvalue weighted by molar-refractivity contribution is 5.68. The number of pyridine rings is 1. The van der Waals surface area contributed by atoms with Crippen molar-refractivity contribution in [2.24, 2.45) is 0 Å². The summed E-state index contributed by atoms with van der Waals surface area (Å²) in [5, 5.41) is 13.1. The largest absolute Gasteiger partial charge is 0.496 e. The van der Waals surface area contributed by atoms with E-state index in [2.05, 4.69) is 27.3 Å². The highest BCUT2D eigenvalue weighted by Gasteiger charge is 2.28. The van der Waals surface area contributed by atoms with Crippen LogP contribution in [0.15, 0.2) is 61.2 Å². The van der Waals surface area contributed by atoms with Gasteiger partial charge in [0.2, 0.25) is 5.88 Å². The molecule has 5 aromatic rings. The number of imidazole rings is 1. The molecule has 0 radical (unpaired) electrons. The lowest BCUT2D eigenvalue weighted by Crippen LogP contribution is -2.18. The summed E-state index contributed by atoms with van der Waals surface area (Å²) in [5.41, 5.74) is 5.20. The van der Waals surface area contributed by atoms with E-state index in [4.69, 9.17) is 24.5 Å². The van der Waals surface area contributed by atoms with Gasteiger partial charge in [0.15, 0.2) is 5.82 Å². The molecule has 6 rings (SSSR count). The molecule has 10 heteroatoms. The predicted octanol–water partition coefficient (Wildman–Crippen LogP) is 4.23. The molecule has 37 heavy (non-hydrogen) atoms. The second-order valence-corrected chi connectivity index (χ2v) is 8.93. The molecule has 0 bridgehead atoms. The molecule has 1 atom stereocenters. The minimum atomic E-state index is 0.0893. The number of aryl methyl sites for hydroxylation is 2. The molecule has 0 spiro atoms. The normalized spacial score (nSPS) is 14.8. The summed E-state index contributed by atoms with van der Waals surface area (Å²) in [6, 6.07) is 13.9. The van der Waals surface area contributed by atoms with Crippen molar-refractivity contribution in [3.63, 3.8) is 0 Å². The zero-order chi connectivity index (χ0) is 25.4. The molecule has 186 valence electrons. The van der Waals surface area contributed by atoms with E-state index in [0.717, 1.165) is 59.2 Å². The molecule has 4 aromatic heterocycles. The minimum Gasteiger partial charge on any atom is -0.496 e. The van der Waals surface area contributed by atoms with Crippen LogP contribution in [0.2, 0.25) is 0 Å². The summed E-state index contributed by atoms with van der Waals surface area (Å²) < 4.78 is 15.1. The second kappa shape index (κ2) is 9.45. The molecule has 0 aliphatic carbocycles. The standard InChI is InChI=1S/C27H26N8O2/c1-17-15-34(16-28-17)23-10-9-22(30-27(23)37-3)25-31-26-19(6-5-13-35(26)33-25)18-8-11-24(36-2)20(14-18)21-7-4-12-29-32-21/h4,7-12,14-16,19H,5-6,13H2,1-3H3/t19-/m1/s1. The van der Waals surface area contributed by atoms with Crippen LogP contribution in [0.4, 0.5) is 0 Å². The number of rotatable bonds is 6. The Morgan fingerprint density at radius 2 is 1.92 bits per heavy atom. The first-order valence-corrected chi connectivity index (χ1v) is 12.1. The number of fused-ring (bicyclic) bond motifs is 1. The smallest absolute Gasteiger partial charge is 0.238 e. The van der Waals surface area contributed by atoms with Gasteiger partial charge >= 0.3 is 0 Å². The monoisotopic (exact) mass is 494 g/mol. The van der Waals surface area contributed by atoms with Crippen LogP contribution >= 0.6 is 0 Å². The third-order valence-electron chi connectivity index (χ3n) is 6.60. The average molecular weight is 495 g/mol. The van der Waals surface area contributed by atoms with Crippen molar-refractivity contribution in [1.29, 1.82) is 0 Å². The minimum absolute atomic E-state index is 0.0893. The molecule has 0 N–H and O–H groups in total. The van der Waals surface area contributed by atoms with Gasteiger partial charge in [0.05, 0.1) is 31.9 Å². The first-order chi connectivity index (χ1) is 18.1. The summed E-state index contributed by atoms with van der Waals surface area (Å²) >= 11 is 0. The van der Waals surface area contributed by atoms with Crippen molar-refractivity contribution in [3.05, 3.63) is 78.3 Å². The van der Waals surface area contributed by atoms with E-state index in [1.165, 1.54) is 0 Å². The maximum Gasteiger partial charge on any atom is 0.238 e. The van der Waals surface area contributed by atoms with E-state index >= 15 is 0 Å². The Balaban J connectivity index is 1.37. The van der Waals surface area contributed by atoms with Crippen molar-refractivity contribution in [1.82, 2.24) is 39.5 Å². The Morgan fingerprint density at radius 3 is 2.68 bits per heavy atom. The van der Waals surface area contributed by atoms with Crippen LogP contribution in [0.3, 0.4) is 0 Å². The molecule has 0 fully saturated rings. The van der Waals surface area contributed by atoms with Gasteiger partial charge in [-0.3, -0.25) is 0 Å². The van der Waals surface area contributed by atoms with Crippen LogP contribution in [-0.4, -0.2) is 53.7 Å². The maximum atomic E-state index is 5.61. The Hall–Kier alpha value is -4.60. The van der Waals surface area contributed by atoms with Gasteiger partial charge < -0.3 is 14.0 Å². The van der Waals surface area contributed by atoms with Gasteiger partial charge in [0.25, 0.3) is 0 Å². The van der Waals surface area contributed by atoms with Crippen molar-refractivity contribution >= 4 is 0 Å². The number of methoxy groups -OCH3 is 2. The first-order valence-electron chi connectivity index (χ1n) is 12.1. The first kappa shape index (κ1) is 22.8. The summed E-state index contributed by atoms with van der Waals surface area (Å²) in [4.78, 5) is 14.0. The van der Waals surface area contributed by atoms with Gasteiger partial charge in [0.1, 0.15) is 23.0 Å².